The molecule has 0 N–H and O–H groups in total. The van der Waals surface area contributed by atoms with Gasteiger partial charge in [0.1, 0.15) is 23.1 Å². The summed E-state index contributed by atoms with van der Waals surface area (Å²) in [4.78, 5) is 93.0. The second-order valence-electron chi connectivity index (χ2n) is 15.8. The average Bonchev–Trinajstić information content (AvgIpc) is 3.23. The Kier molecular flexibility index (Phi) is 37.6. The fourth-order valence-electron chi connectivity index (χ4n) is 8.15. The van der Waals surface area contributed by atoms with Crippen LogP contribution < -0.4 is 20.4 Å². The summed E-state index contributed by atoms with van der Waals surface area (Å²) in [6.45, 7) is 29.2. The van der Waals surface area contributed by atoms with Crippen LogP contribution in [0.3, 0.4) is 0 Å². The van der Waals surface area contributed by atoms with Crippen molar-refractivity contribution in [2.24, 2.45) is 45.3 Å². The van der Waals surface area contributed by atoms with Gasteiger partial charge in [-0.3, -0.25) is 19.2 Å². The van der Waals surface area contributed by atoms with Crippen LogP contribution in [0, 0.1) is 45.3 Å². The van der Waals surface area contributed by atoms with Crippen molar-refractivity contribution in [1.29, 1.82) is 0 Å². The Balaban J connectivity index is -0.000000227. The number of hydrogen-bond acceptors (Lipinski definition) is 12. The summed E-state index contributed by atoms with van der Waals surface area (Å²) in [5, 5.41) is 44.5. The minimum absolute atomic E-state index is 0. The molecular weight excluding hydrogens is 860 g/mol. The number of ketones is 4. The molecule has 0 aliphatic rings. The van der Waals surface area contributed by atoms with E-state index < -0.39 is 45.5 Å². The summed E-state index contributed by atoms with van der Waals surface area (Å²) in [6, 6.07) is 0. The van der Waals surface area contributed by atoms with Crippen LogP contribution in [0.5, 0.6) is 0 Å². The first-order valence-corrected chi connectivity index (χ1v) is 23.0. The quantitative estimate of drug-likeness (QED) is 0.0800. The molecule has 13 heteroatoms. The molecule has 0 saturated heterocycles. The van der Waals surface area contributed by atoms with Crippen molar-refractivity contribution in [3.63, 3.8) is 0 Å². The zero-order valence-corrected chi connectivity index (χ0v) is 43.5. The van der Waals surface area contributed by atoms with Crippen molar-refractivity contribution in [3.8, 4) is 0 Å². The molecule has 0 bridgehead atoms. The van der Waals surface area contributed by atoms with E-state index in [0.717, 1.165) is 0 Å². The fourth-order valence-corrected chi connectivity index (χ4v) is 8.15. The number of carboxylic acids is 4. The molecule has 0 saturated carbocycles. The molecule has 0 aromatic rings. The molecular formula is C48H84O12Zr. The molecule has 0 aromatic heterocycles. The summed E-state index contributed by atoms with van der Waals surface area (Å²) in [5.74, 6) is -6.09. The second kappa shape index (κ2) is 33.9. The molecule has 0 aliphatic carbocycles. The Morgan fingerprint density at radius 1 is 0.279 bits per heavy atom. The van der Waals surface area contributed by atoms with E-state index in [1.165, 1.54) is 0 Å². The number of Topliss-reactive ketones (excluding diaryl/α,β-unsaturated/α-hetero) is 4. The maximum atomic E-state index is 12.1. The van der Waals surface area contributed by atoms with Gasteiger partial charge in [0.15, 0.2) is 0 Å². The van der Waals surface area contributed by atoms with Crippen LogP contribution >= 0.6 is 0 Å². The van der Waals surface area contributed by atoms with E-state index in [-0.39, 0.29) is 73.0 Å². The van der Waals surface area contributed by atoms with Crippen LogP contribution in [0.4, 0.5) is 0 Å². The third kappa shape index (κ3) is 17.2. The van der Waals surface area contributed by atoms with Gasteiger partial charge in [-0.05, 0) is 103 Å². The van der Waals surface area contributed by atoms with Gasteiger partial charge in [0.25, 0.3) is 0 Å². The van der Waals surface area contributed by atoms with Crippen molar-refractivity contribution >= 4 is 47.0 Å². The molecule has 0 fully saturated rings. The maximum absolute atomic E-state index is 12.1. The van der Waals surface area contributed by atoms with E-state index in [1.54, 1.807) is 55.4 Å². The summed E-state index contributed by atoms with van der Waals surface area (Å²) in [6.07, 6.45) is 8.16. The van der Waals surface area contributed by atoms with Crippen LogP contribution in [-0.4, -0.2) is 47.0 Å². The van der Waals surface area contributed by atoms with E-state index >= 15 is 0 Å². The normalized spacial score (nSPS) is 11.6. The molecule has 352 valence electrons. The summed E-state index contributed by atoms with van der Waals surface area (Å²) >= 11 is 0. The van der Waals surface area contributed by atoms with Gasteiger partial charge in [-0.2, -0.15) is 0 Å². The van der Waals surface area contributed by atoms with Gasteiger partial charge in [0.05, 0.1) is 45.5 Å². The van der Waals surface area contributed by atoms with Crippen molar-refractivity contribution in [1.82, 2.24) is 0 Å². The number of carboxylic acid groups (broad SMARTS) is 4. The van der Waals surface area contributed by atoms with E-state index in [0.29, 0.717) is 103 Å². The Morgan fingerprint density at radius 2 is 0.377 bits per heavy atom. The number of aliphatic carboxylic acids is 4. The SMILES string of the molecule is CCC(CC)C(=O)C(CC)(CC)C(=O)[O-].CCC(CC)C(=O)C(CC)(CC)C(=O)[O-].CCC(CC)C(=O)C(CC)(CC)C(=O)[O-].CCC(CC)C(=O)C(CC)(CC)C(=O)[O-].[Zr+4]. The molecule has 12 nitrogen and oxygen atoms in total. The zero-order chi connectivity index (χ0) is 48.2. The van der Waals surface area contributed by atoms with Crippen molar-refractivity contribution in [3.05, 3.63) is 0 Å². The van der Waals surface area contributed by atoms with Gasteiger partial charge in [-0.1, -0.05) is 111 Å². The average molecular weight is 944 g/mol. The maximum Gasteiger partial charge on any atom is 4.00 e. The molecule has 0 aromatic carbocycles. The third-order valence-electron chi connectivity index (χ3n) is 13.7. The Hall–Kier alpha value is -2.56. The van der Waals surface area contributed by atoms with Gasteiger partial charge in [0, 0.05) is 23.7 Å². The number of rotatable bonds is 28. The van der Waals surface area contributed by atoms with Crippen molar-refractivity contribution in [2.45, 2.75) is 214 Å². The van der Waals surface area contributed by atoms with E-state index in [9.17, 15) is 58.8 Å². The molecule has 0 rings (SSSR count). The Labute approximate surface area is 389 Å². The monoisotopic (exact) mass is 943 g/mol. The topological polar surface area (TPSA) is 229 Å². The van der Waals surface area contributed by atoms with E-state index in [2.05, 4.69) is 0 Å². The third-order valence-corrected chi connectivity index (χ3v) is 13.7. The number of carbonyl (C=O) groups excluding carboxylic acids is 8. The van der Waals surface area contributed by atoms with E-state index in [1.807, 2.05) is 55.4 Å². The standard InChI is InChI=1S/4C12H22O3.Zr/c4*1-5-9(6-2)10(13)12(7-3,8-4)11(14)15;/h4*9H,5-8H2,1-4H3,(H,14,15);/q;;;;+4/p-4. The van der Waals surface area contributed by atoms with Crippen molar-refractivity contribution in [2.75, 3.05) is 0 Å². The summed E-state index contributed by atoms with van der Waals surface area (Å²) in [5.41, 5.74) is -5.07. The van der Waals surface area contributed by atoms with Crippen LogP contribution in [0.1, 0.15) is 214 Å². The first kappa shape index (κ1) is 67.5. The second-order valence-corrected chi connectivity index (χ2v) is 15.8. The molecule has 0 aliphatic heterocycles. The fraction of sp³-hybridized carbons (Fsp3) is 0.833. The van der Waals surface area contributed by atoms with Gasteiger partial charge < -0.3 is 39.6 Å². The largest absolute Gasteiger partial charge is 4.00 e. The predicted molar refractivity (Wildman–Crippen MR) is 228 cm³/mol. The molecule has 61 heavy (non-hydrogen) atoms. The van der Waals surface area contributed by atoms with Crippen LogP contribution in [0.15, 0.2) is 0 Å². The predicted octanol–water partition coefficient (Wildman–Crippen LogP) is 6.19. The molecule has 0 heterocycles. The summed E-state index contributed by atoms with van der Waals surface area (Å²) in [7, 11) is 0. The molecule has 0 amide bonds. The smallest absolute Gasteiger partial charge is 0.549 e. The molecule has 0 atom stereocenters. The van der Waals surface area contributed by atoms with Crippen LogP contribution in [0.25, 0.3) is 0 Å². The van der Waals surface area contributed by atoms with E-state index in [4.69, 9.17) is 0 Å². The minimum atomic E-state index is -1.27. The van der Waals surface area contributed by atoms with Crippen LogP contribution in [-0.2, 0) is 64.6 Å². The van der Waals surface area contributed by atoms with Gasteiger partial charge in [0.2, 0.25) is 0 Å². The number of carbonyl (C=O) groups is 8. The first-order valence-electron chi connectivity index (χ1n) is 23.0. The van der Waals surface area contributed by atoms with Gasteiger partial charge in [-0.15, -0.1) is 0 Å². The van der Waals surface area contributed by atoms with Gasteiger partial charge in [-0.25, -0.2) is 0 Å². The Morgan fingerprint density at radius 3 is 0.426 bits per heavy atom. The molecule has 0 radical (unpaired) electrons. The first-order chi connectivity index (χ1) is 28.0. The molecule has 0 unspecified atom stereocenters. The molecule has 0 spiro atoms. The summed E-state index contributed by atoms with van der Waals surface area (Å²) < 4.78 is 0. The van der Waals surface area contributed by atoms with Crippen LogP contribution in [0.2, 0.25) is 0 Å². The Bertz CT molecular complexity index is 1110. The zero-order valence-electron chi connectivity index (χ0n) is 41.0. The minimum Gasteiger partial charge on any atom is -0.549 e. The van der Waals surface area contributed by atoms with Gasteiger partial charge >= 0.3 is 26.2 Å². The van der Waals surface area contributed by atoms with Crippen molar-refractivity contribution < 1.29 is 85.0 Å². The number of hydrogen-bond donors (Lipinski definition) is 0.